The van der Waals surface area contributed by atoms with Gasteiger partial charge in [-0.2, -0.15) is 0 Å². The minimum Gasteiger partial charge on any atom is -0.324 e. The van der Waals surface area contributed by atoms with Gasteiger partial charge in [0.25, 0.3) is 0 Å². The molecule has 0 spiro atoms. The van der Waals surface area contributed by atoms with Crippen molar-refractivity contribution >= 4 is 15.9 Å². The van der Waals surface area contributed by atoms with Gasteiger partial charge in [-0.1, -0.05) is 19.1 Å². The summed E-state index contributed by atoms with van der Waals surface area (Å²) in [6.45, 7) is 2.10. The Kier molecular flexibility index (Phi) is 4.66. The minimum atomic E-state index is -0.277. The van der Waals surface area contributed by atoms with Gasteiger partial charge in [-0.25, -0.2) is 4.39 Å². The van der Waals surface area contributed by atoms with Crippen molar-refractivity contribution in [1.29, 1.82) is 0 Å². The number of rotatable bonds is 4. The zero-order valence-electron chi connectivity index (χ0n) is 10.7. The Morgan fingerprint density at radius 1 is 1.32 bits per heavy atom. The summed E-state index contributed by atoms with van der Waals surface area (Å²) in [5.41, 5.74) is 9.19. The van der Waals surface area contributed by atoms with Crippen molar-refractivity contribution in [2.24, 2.45) is 5.73 Å². The zero-order chi connectivity index (χ0) is 13.8. The predicted molar refractivity (Wildman–Crippen MR) is 78.3 cm³/mol. The quantitative estimate of drug-likeness (QED) is 0.930. The maximum atomic E-state index is 13.2. The van der Waals surface area contributed by atoms with Crippen LogP contribution in [0.5, 0.6) is 0 Å². The number of aryl methyl sites for hydroxylation is 1. The monoisotopic (exact) mass is 322 g/mol. The fraction of sp³-hybridized carbons (Fsp3) is 0.267. The summed E-state index contributed by atoms with van der Waals surface area (Å²) in [5, 5.41) is 0. The van der Waals surface area contributed by atoms with E-state index in [2.05, 4.69) is 33.9 Å². The number of hydrogen-bond acceptors (Lipinski definition) is 2. The van der Waals surface area contributed by atoms with Gasteiger partial charge < -0.3 is 5.73 Å². The van der Waals surface area contributed by atoms with E-state index in [0.29, 0.717) is 10.9 Å². The second-order valence-electron chi connectivity index (χ2n) is 4.50. The van der Waals surface area contributed by atoms with Crippen LogP contribution >= 0.6 is 15.9 Å². The fourth-order valence-corrected chi connectivity index (χ4v) is 2.27. The molecule has 1 aromatic heterocycles. The molecule has 1 heterocycles. The highest BCUT2D eigenvalue weighted by Gasteiger charge is 2.10. The molecule has 0 aliphatic rings. The van der Waals surface area contributed by atoms with E-state index < -0.39 is 0 Å². The second-order valence-corrected chi connectivity index (χ2v) is 5.35. The number of halogens is 2. The molecule has 19 heavy (non-hydrogen) atoms. The minimum absolute atomic E-state index is 0.183. The van der Waals surface area contributed by atoms with Crippen molar-refractivity contribution in [3.63, 3.8) is 0 Å². The molecule has 0 saturated carbocycles. The first-order chi connectivity index (χ1) is 9.10. The number of hydrogen-bond donors (Lipinski definition) is 1. The number of nitrogens with zero attached hydrogens (tertiary/aromatic N) is 1. The molecule has 100 valence electrons. The van der Waals surface area contributed by atoms with Gasteiger partial charge in [0.05, 0.1) is 4.47 Å². The van der Waals surface area contributed by atoms with E-state index in [4.69, 9.17) is 5.73 Å². The highest BCUT2D eigenvalue weighted by molar-refractivity contribution is 9.10. The topological polar surface area (TPSA) is 38.9 Å². The lowest BCUT2D eigenvalue weighted by Crippen LogP contribution is -2.14. The summed E-state index contributed by atoms with van der Waals surface area (Å²) in [7, 11) is 0. The molecule has 2 aromatic rings. The van der Waals surface area contributed by atoms with Crippen LogP contribution in [0.3, 0.4) is 0 Å². The lowest BCUT2D eigenvalue weighted by atomic mass is 10.0. The molecule has 0 aliphatic carbocycles. The molecule has 0 aliphatic heterocycles. The lowest BCUT2D eigenvalue weighted by Gasteiger charge is -2.12. The predicted octanol–water partition coefficient (Wildman–Crippen LogP) is 3.79. The largest absolute Gasteiger partial charge is 0.324 e. The number of nitrogens with two attached hydrogens (primary N) is 1. The van der Waals surface area contributed by atoms with Gasteiger partial charge in [-0.15, -0.1) is 0 Å². The van der Waals surface area contributed by atoms with Crippen molar-refractivity contribution in [2.45, 2.75) is 25.8 Å². The zero-order valence-corrected chi connectivity index (χ0v) is 12.3. The summed E-state index contributed by atoms with van der Waals surface area (Å²) in [6.07, 6.45) is 3.49. The first kappa shape index (κ1) is 14.2. The lowest BCUT2D eigenvalue weighted by molar-refractivity contribution is 0.617. The van der Waals surface area contributed by atoms with Crippen molar-refractivity contribution in [2.75, 3.05) is 0 Å². The normalized spacial score (nSPS) is 12.4. The Labute approximate surface area is 121 Å². The molecule has 1 aromatic carbocycles. The van der Waals surface area contributed by atoms with Crippen molar-refractivity contribution < 1.29 is 4.39 Å². The van der Waals surface area contributed by atoms with Gasteiger partial charge in [0.1, 0.15) is 5.82 Å². The summed E-state index contributed by atoms with van der Waals surface area (Å²) in [4.78, 5) is 4.39. The number of aromatic nitrogens is 1. The molecule has 0 radical (unpaired) electrons. The van der Waals surface area contributed by atoms with Crippen molar-refractivity contribution in [3.05, 3.63) is 63.6 Å². The van der Waals surface area contributed by atoms with Crippen LogP contribution in [0.4, 0.5) is 4.39 Å². The van der Waals surface area contributed by atoms with Crippen LogP contribution < -0.4 is 5.73 Å². The maximum absolute atomic E-state index is 13.2. The molecule has 2 rings (SSSR count). The molecule has 0 saturated heterocycles. The molecular formula is C15H16BrFN2. The van der Waals surface area contributed by atoms with Crippen LogP contribution in [0.1, 0.15) is 29.8 Å². The molecule has 1 atom stereocenters. The summed E-state index contributed by atoms with van der Waals surface area (Å²) in [5.74, 6) is -0.277. The summed E-state index contributed by atoms with van der Waals surface area (Å²) >= 11 is 3.17. The summed E-state index contributed by atoms with van der Waals surface area (Å²) < 4.78 is 13.6. The van der Waals surface area contributed by atoms with Crippen LogP contribution in [0, 0.1) is 5.82 Å². The van der Waals surface area contributed by atoms with Gasteiger partial charge in [0, 0.05) is 24.4 Å². The second kappa shape index (κ2) is 6.26. The van der Waals surface area contributed by atoms with Crippen LogP contribution in [-0.4, -0.2) is 4.98 Å². The fourth-order valence-electron chi connectivity index (χ4n) is 1.87. The number of benzene rings is 1. The van der Waals surface area contributed by atoms with E-state index in [0.717, 1.165) is 17.7 Å². The van der Waals surface area contributed by atoms with E-state index in [-0.39, 0.29) is 11.9 Å². The van der Waals surface area contributed by atoms with E-state index >= 15 is 0 Å². The highest BCUT2D eigenvalue weighted by Crippen LogP contribution is 2.22. The third-order valence-electron chi connectivity index (χ3n) is 3.10. The Hall–Kier alpha value is -1.26. The Morgan fingerprint density at radius 2 is 2.11 bits per heavy atom. The Bertz CT molecular complexity index is 555. The summed E-state index contributed by atoms with van der Waals surface area (Å²) in [6, 6.07) is 8.74. The third kappa shape index (κ3) is 3.61. The molecule has 2 N–H and O–H groups in total. The first-order valence-electron chi connectivity index (χ1n) is 6.24. The third-order valence-corrected chi connectivity index (χ3v) is 3.70. The first-order valence-corrected chi connectivity index (χ1v) is 7.03. The van der Waals surface area contributed by atoms with E-state index in [1.165, 1.54) is 11.6 Å². The molecule has 4 heteroatoms. The maximum Gasteiger partial charge on any atom is 0.137 e. The van der Waals surface area contributed by atoms with Crippen LogP contribution in [0.15, 0.2) is 41.0 Å². The van der Waals surface area contributed by atoms with Crippen LogP contribution in [0.2, 0.25) is 0 Å². The van der Waals surface area contributed by atoms with Gasteiger partial charge in [-0.05, 0) is 51.7 Å². The van der Waals surface area contributed by atoms with Gasteiger partial charge >= 0.3 is 0 Å². The highest BCUT2D eigenvalue weighted by atomic mass is 79.9. The van der Waals surface area contributed by atoms with Gasteiger partial charge in [0.15, 0.2) is 0 Å². The van der Waals surface area contributed by atoms with Crippen LogP contribution in [0.25, 0.3) is 0 Å². The van der Waals surface area contributed by atoms with E-state index in [1.807, 2.05) is 12.3 Å². The van der Waals surface area contributed by atoms with E-state index in [1.54, 1.807) is 12.1 Å². The molecular weight excluding hydrogens is 307 g/mol. The molecule has 2 nitrogen and oxygen atoms in total. The molecule has 0 fully saturated rings. The standard InChI is InChI=1S/C15H16BrFN2/c1-2-10-3-5-12(19-9-10)8-15(18)11-4-6-14(17)13(16)7-11/h3-7,9,15H,2,8,18H2,1H3. The SMILES string of the molecule is CCc1ccc(CC(N)c2ccc(F)c(Br)c2)nc1. The van der Waals surface area contributed by atoms with E-state index in [9.17, 15) is 4.39 Å². The Balaban J connectivity index is 2.10. The molecule has 1 unspecified atom stereocenters. The smallest absolute Gasteiger partial charge is 0.137 e. The average molecular weight is 323 g/mol. The Morgan fingerprint density at radius 3 is 2.68 bits per heavy atom. The number of pyridine rings is 1. The van der Waals surface area contributed by atoms with Crippen molar-refractivity contribution in [1.82, 2.24) is 4.98 Å². The molecule has 0 bridgehead atoms. The molecule has 0 amide bonds. The van der Waals surface area contributed by atoms with Gasteiger partial charge in [-0.3, -0.25) is 4.98 Å². The van der Waals surface area contributed by atoms with Crippen molar-refractivity contribution in [3.8, 4) is 0 Å². The van der Waals surface area contributed by atoms with Crippen LogP contribution in [-0.2, 0) is 12.8 Å². The van der Waals surface area contributed by atoms with Gasteiger partial charge in [0.2, 0.25) is 0 Å². The average Bonchev–Trinajstić information content (AvgIpc) is 2.42.